The molecule has 1 heterocycles. The number of nitrogens with two attached hydrogens (primary N) is 1. The van der Waals surface area contributed by atoms with Gasteiger partial charge in [-0.05, 0) is 42.7 Å². The van der Waals surface area contributed by atoms with E-state index in [2.05, 4.69) is 43.3 Å². The zero-order valence-corrected chi connectivity index (χ0v) is 13.3. The highest BCUT2D eigenvalue weighted by Crippen LogP contribution is 2.39. The van der Waals surface area contributed by atoms with Crippen LogP contribution >= 0.6 is 11.8 Å². The van der Waals surface area contributed by atoms with E-state index < -0.39 is 0 Å². The number of aryl methyl sites for hydroxylation is 1. The van der Waals surface area contributed by atoms with Crippen molar-refractivity contribution in [2.24, 2.45) is 5.73 Å². The second-order valence-corrected chi connectivity index (χ2v) is 6.73. The molecule has 0 spiro atoms. The highest BCUT2D eigenvalue weighted by Gasteiger charge is 2.23. The topological polar surface area (TPSA) is 35.2 Å². The SMILES string of the molecule is Cc1cc(C(C)N)ccc1OCC1CSc2ccccc21. The molecule has 21 heavy (non-hydrogen) atoms. The average molecular weight is 299 g/mol. The Morgan fingerprint density at radius 3 is 2.86 bits per heavy atom. The summed E-state index contributed by atoms with van der Waals surface area (Å²) in [7, 11) is 0. The molecule has 0 fully saturated rings. The number of benzene rings is 2. The summed E-state index contributed by atoms with van der Waals surface area (Å²) >= 11 is 1.93. The Balaban J connectivity index is 1.69. The molecular weight excluding hydrogens is 278 g/mol. The van der Waals surface area contributed by atoms with Gasteiger partial charge in [-0.25, -0.2) is 0 Å². The fourth-order valence-electron chi connectivity index (χ4n) is 2.68. The Bertz CT molecular complexity index is 639. The Morgan fingerprint density at radius 2 is 2.10 bits per heavy atom. The maximum atomic E-state index is 6.06. The smallest absolute Gasteiger partial charge is 0.122 e. The summed E-state index contributed by atoms with van der Waals surface area (Å²) in [6.45, 7) is 4.82. The van der Waals surface area contributed by atoms with E-state index in [1.54, 1.807) is 0 Å². The fraction of sp³-hybridized carbons (Fsp3) is 0.333. The Kier molecular flexibility index (Phi) is 4.22. The molecule has 2 N–H and O–H groups in total. The Labute approximate surface area is 130 Å². The highest BCUT2D eigenvalue weighted by atomic mass is 32.2. The first-order valence-electron chi connectivity index (χ1n) is 7.36. The summed E-state index contributed by atoms with van der Waals surface area (Å²) in [5.41, 5.74) is 9.65. The average Bonchev–Trinajstić information content (AvgIpc) is 2.89. The quantitative estimate of drug-likeness (QED) is 0.915. The third kappa shape index (κ3) is 3.09. The lowest BCUT2D eigenvalue weighted by molar-refractivity contribution is 0.296. The highest BCUT2D eigenvalue weighted by molar-refractivity contribution is 7.99. The van der Waals surface area contributed by atoms with Crippen LogP contribution in [0.4, 0.5) is 0 Å². The van der Waals surface area contributed by atoms with Crippen LogP contribution in [0.3, 0.4) is 0 Å². The van der Waals surface area contributed by atoms with E-state index in [0.717, 1.165) is 29.2 Å². The molecule has 2 unspecified atom stereocenters. The first-order valence-corrected chi connectivity index (χ1v) is 8.34. The number of hydrogen-bond acceptors (Lipinski definition) is 3. The molecule has 2 aromatic carbocycles. The normalized spacial score (nSPS) is 18.3. The van der Waals surface area contributed by atoms with Gasteiger partial charge in [0.1, 0.15) is 5.75 Å². The summed E-state index contributed by atoms with van der Waals surface area (Å²) in [5, 5.41) is 0. The summed E-state index contributed by atoms with van der Waals surface area (Å²) in [6, 6.07) is 14.9. The van der Waals surface area contributed by atoms with Crippen molar-refractivity contribution in [3.63, 3.8) is 0 Å². The van der Waals surface area contributed by atoms with Crippen molar-refractivity contribution in [2.75, 3.05) is 12.4 Å². The molecule has 0 saturated heterocycles. The molecule has 0 aromatic heterocycles. The molecule has 0 aliphatic carbocycles. The maximum Gasteiger partial charge on any atom is 0.122 e. The van der Waals surface area contributed by atoms with Crippen LogP contribution in [0.5, 0.6) is 5.75 Å². The van der Waals surface area contributed by atoms with Gasteiger partial charge in [0.25, 0.3) is 0 Å². The van der Waals surface area contributed by atoms with Gasteiger partial charge in [-0.1, -0.05) is 30.3 Å². The van der Waals surface area contributed by atoms with E-state index in [9.17, 15) is 0 Å². The zero-order valence-electron chi connectivity index (χ0n) is 12.5. The van der Waals surface area contributed by atoms with E-state index in [0.29, 0.717) is 5.92 Å². The van der Waals surface area contributed by atoms with E-state index >= 15 is 0 Å². The van der Waals surface area contributed by atoms with Gasteiger partial charge in [-0.2, -0.15) is 0 Å². The molecule has 0 bridgehead atoms. The molecule has 110 valence electrons. The van der Waals surface area contributed by atoms with E-state index in [1.165, 1.54) is 10.5 Å². The number of hydrogen-bond donors (Lipinski definition) is 1. The molecule has 1 aliphatic rings. The fourth-order valence-corrected chi connectivity index (χ4v) is 3.91. The van der Waals surface area contributed by atoms with Gasteiger partial charge in [-0.15, -0.1) is 11.8 Å². The van der Waals surface area contributed by atoms with Crippen molar-refractivity contribution in [3.05, 3.63) is 59.2 Å². The second-order valence-electron chi connectivity index (χ2n) is 5.67. The monoisotopic (exact) mass is 299 g/mol. The molecule has 2 atom stereocenters. The van der Waals surface area contributed by atoms with Crippen molar-refractivity contribution >= 4 is 11.8 Å². The summed E-state index contributed by atoms with van der Waals surface area (Å²) in [5.74, 6) is 2.56. The largest absolute Gasteiger partial charge is 0.493 e. The Morgan fingerprint density at radius 1 is 1.29 bits per heavy atom. The molecule has 3 heteroatoms. The number of ether oxygens (including phenoxy) is 1. The van der Waals surface area contributed by atoms with Crippen LogP contribution in [-0.4, -0.2) is 12.4 Å². The van der Waals surface area contributed by atoms with Crippen LogP contribution in [-0.2, 0) is 0 Å². The van der Waals surface area contributed by atoms with Gasteiger partial charge >= 0.3 is 0 Å². The molecule has 0 saturated carbocycles. The molecule has 0 radical (unpaired) electrons. The van der Waals surface area contributed by atoms with Crippen LogP contribution in [0.1, 0.15) is 35.6 Å². The lowest BCUT2D eigenvalue weighted by Gasteiger charge is -2.15. The van der Waals surface area contributed by atoms with Gasteiger partial charge in [0.05, 0.1) is 6.61 Å². The minimum absolute atomic E-state index is 0.0656. The molecule has 2 aromatic rings. The lowest BCUT2D eigenvalue weighted by Crippen LogP contribution is -2.11. The van der Waals surface area contributed by atoms with Gasteiger partial charge in [0.2, 0.25) is 0 Å². The van der Waals surface area contributed by atoms with Crippen molar-refractivity contribution in [1.82, 2.24) is 0 Å². The molecule has 1 aliphatic heterocycles. The van der Waals surface area contributed by atoms with Crippen LogP contribution < -0.4 is 10.5 Å². The van der Waals surface area contributed by atoms with Crippen molar-refractivity contribution < 1.29 is 4.74 Å². The molecular formula is C18H21NOS. The van der Waals surface area contributed by atoms with Crippen molar-refractivity contribution in [3.8, 4) is 5.75 Å². The predicted octanol–water partition coefficient (Wildman–Crippen LogP) is 4.28. The van der Waals surface area contributed by atoms with Crippen molar-refractivity contribution in [1.29, 1.82) is 0 Å². The standard InChI is InChI=1S/C18H21NOS/c1-12-9-14(13(2)19)7-8-17(12)20-10-15-11-21-18-6-4-3-5-16(15)18/h3-9,13,15H,10-11,19H2,1-2H3. The summed E-state index contributed by atoms with van der Waals surface area (Å²) in [6.07, 6.45) is 0. The number of thioether (sulfide) groups is 1. The molecule has 3 rings (SSSR count). The first-order chi connectivity index (χ1) is 10.1. The molecule has 0 amide bonds. The number of rotatable bonds is 4. The van der Waals surface area contributed by atoms with Crippen LogP contribution in [0, 0.1) is 6.92 Å². The van der Waals surface area contributed by atoms with Gasteiger partial charge in [-0.3, -0.25) is 0 Å². The van der Waals surface area contributed by atoms with Gasteiger partial charge in [0, 0.05) is 22.6 Å². The molecule has 2 nitrogen and oxygen atoms in total. The summed E-state index contributed by atoms with van der Waals surface area (Å²) in [4.78, 5) is 1.40. The predicted molar refractivity (Wildman–Crippen MR) is 89.2 cm³/mol. The lowest BCUT2D eigenvalue weighted by atomic mass is 10.0. The van der Waals surface area contributed by atoms with Crippen LogP contribution in [0.2, 0.25) is 0 Å². The van der Waals surface area contributed by atoms with E-state index in [1.807, 2.05) is 24.8 Å². The summed E-state index contributed by atoms with van der Waals surface area (Å²) < 4.78 is 6.06. The Hall–Kier alpha value is -1.45. The number of fused-ring (bicyclic) bond motifs is 1. The third-order valence-electron chi connectivity index (χ3n) is 3.96. The van der Waals surface area contributed by atoms with Crippen LogP contribution in [0.15, 0.2) is 47.4 Å². The van der Waals surface area contributed by atoms with Gasteiger partial charge in [0.15, 0.2) is 0 Å². The van der Waals surface area contributed by atoms with E-state index in [4.69, 9.17) is 10.5 Å². The first kappa shape index (κ1) is 14.5. The third-order valence-corrected chi connectivity index (χ3v) is 5.22. The maximum absolute atomic E-state index is 6.06. The second kappa shape index (κ2) is 6.12. The minimum atomic E-state index is 0.0656. The minimum Gasteiger partial charge on any atom is -0.493 e. The van der Waals surface area contributed by atoms with Crippen LogP contribution in [0.25, 0.3) is 0 Å². The van der Waals surface area contributed by atoms with Gasteiger partial charge < -0.3 is 10.5 Å². The van der Waals surface area contributed by atoms with Crippen molar-refractivity contribution in [2.45, 2.75) is 30.7 Å². The van der Waals surface area contributed by atoms with E-state index in [-0.39, 0.29) is 6.04 Å². The zero-order chi connectivity index (χ0) is 14.8.